The molecular weight excluding hydrogens is 368 g/mol. The number of aliphatic hydroxyl groups excluding tert-OH is 1. The molecule has 1 aliphatic rings. The molecular formula is C22H24N4OS. The first kappa shape index (κ1) is 18.7. The van der Waals surface area contributed by atoms with E-state index >= 15 is 0 Å². The maximum Gasteiger partial charge on any atom is 0.170 e. The van der Waals surface area contributed by atoms with Crippen LogP contribution in [0, 0.1) is 6.92 Å². The van der Waals surface area contributed by atoms with Crippen LogP contribution in [0.1, 0.15) is 35.5 Å². The van der Waals surface area contributed by atoms with Gasteiger partial charge in [-0.1, -0.05) is 18.2 Å². The number of hydrogen-bond donors (Lipinski definition) is 2. The highest BCUT2D eigenvalue weighted by Crippen LogP contribution is 2.39. The van der Waals surface area contributed by atoms with Crippen molar-refractivity contribution in [1.82, 2.24) is 19.8 Å². The van der Waals surface area contributed by atoms with Crippen molar-refractivity contribution in [2.24, 2.45) is 0 Å². The van der Waals surface area contributed by atoms with E-state index < -0.39 is 0 Å². The lowest BCUT2D eigenvalue weighted by Gasteiger charge is -2.28. The smallest absolute Gasteiger partial charge is 0.170 e. The van der Waals surface area contributed by atoms with Crippen molar-refractivity contribution >= 4 is 17.3 Å². The average Bonchev–Trinajstić information content (AvgIpc) is 3.31. The minimum Gasteiger partial charge on any atom is -0.396 e. The summed E-state index contributed by atoms with van der Waals surface area (Å²) in [4.78, 5) is 6.75. The number of pyridine rings is 1. The maximum atomic E-state index is 9.37. The molecule has 1 saturated heterocycles. The van der Waals surface area contributed by atoms with E-state index in [0.29, 0.717) is 18.1 Å². The molecule has 0 aliphatic carbocycles. The monoisotopic (exact) mass is 392 g/mol. The summed E-state index contributed by atoms with van der Waals surface area (Å²) in [7, 11) is 0. The Morgan fingerprint density at radius 1 is 1.14 bits per heavy atom. The number of benzene rings is 1. The predicted octanol–water partition coefficient (Wildman–Crippen LogP) is 3.54. The van der Waals surface area contributed by atoms with Crippen molar-refractivity contribution in [2.75, 3.05) is 13.2 Å². The standard InChI is InChI=1S/C22H24N4OS/c1-16-7-4-8-17(15-16)25-12-5-10-19(25)21-20(18-9-2-3-11-23-18)24-22(28)26(21)13-6-14-27/h2-5,7-12,15,20-21,27H,6,13-14H2,1H3,(H,24,28). The summed E-state index contributed by atoms with van der Waals surface area (Å²) in [5.74, 6) is 0. The molecule has 144 valence electrons. The van der Waals surface area contributed by atoms with E-state index in [1.807, 2.05) is 24.4 Å². The molecule has 0 radical (unpaired) electrons. The van der Waals surface area contributed by atoms with Crippen molar-refractivity contribution < 1.29 is 5.11 Å². The van der Waals surface area contributed by atoms with Crippen LogP contribution in [-0.4, -0.2) is 37.8 Å². The van der Waals surface area contributed by atoms with Crippen LogP contribution in [0.4, 0.5) is 0 Å². The molecule has 0 spiro atoms. The van der Waals surface area contributed by atoms with Gasteiger partial charge < -0.3 is 19.9 Å². The van der Waals surface area contributed by atoms with E-state index in [9.17, 15) is 5.11 Å². The Kier molecular flexibility index (Phi) is 5.41. The van der Waals surface area contributed by atoms with Crippen LogP contribution < -0.4 is 5.32 Å². The fraction of sp³-hybridized carbons (Fsp3) is 0.273. The van der Waals surface area contributed by atoms with E-state index in [-0.39, 0.29) is 18.7 Å². The van der Waals surface area contributed by atoms with Gasteiger partial charge in [-0.15, -0.1) is 0 Å². The van der Waals surface area contributed by atoms with E-state index in [2.05, 4.69) is 69.3 Å². The fourth-order valence-corrected chi connectivity index (χ4v) is 4.19. The van der Waals surface area contributed by atoms with E-state index in [4.69, 9.17) is 12.2 Å². The third kappa shape index (κ3) is 3.53. The minimum atomic E-state index is -0.0501. The molecule has 2 aromatic heterocycles. The molecule has 6 heteroatoms. The van der Waals surface area contributed by atoms with Gasteiger partial charge in [0, 0.05) is 36.9 Å². The Balaban J connectivity index is 1.79. The molecule has 2 unspecified atom stereocenters. The molecule has 4 rings (SSSR count). The lowest BCUT2D eigenvalue weighted by atomic mass is 10.0. The summed E-state index contributed by atoms with van der Waals surface area (Å²) in [6.07, 6.45) is 4.57. The van der Waals surface area contributed by atoms with Crippen LogP contribution in [0.3, 0.4) is 0 Å². The number of nitrogens with one attached hydrogen (secondary N) is 1. The van der Waals surface area contributed by atoms with Gasteiger partial charge in [-0.2, -0.15) is 0 Å². The Morgan fingerprint density at radius 3 is 2.79 bits per heavy atom. The molecule has 5 nitrogen and oxygen atoms in total. The Morgan fingerprint density at radius 2 is 2.04 bits per heavy atom. The maximum absolute atomic E-state index is 9.37. The zero-order valence-corrected chi connectivity index (χ0v) is 16.6. The number of aryl methyl sites for hydroxylation is 1. The van der Waals surface area contributed by atoms with Gasteiger partial charge in [0.15, 0.2) is 5.11 Å². The first-order valence-corrected chi connectivity index (χ1v) is 9.93. The van der Waals surface area contributed by atoms with Crippen molar-refractivity contribution in [1.29, 1.82) is 0 Å². The zero-order chi connectivity index (χ0) is 19.5. The summed E-state index contributed by atoms with van der Waals surface area (Å²) in [6, 6.07) is 18.6. The SMILES string of the molecule is Cc1cccc(-n2cccc2C2C(c3ccccn3)NC(=S)N2CCCO)c1. The number of hydrogen-bond acceptors (Lipinski definition) is 3. The highest BCUT2D eigenvalue weighted by Gasteiger charge is 2.40. The largest absolute Gasteiger partial charge is 0.396 e. The quantitative estimate of drug-likeness (QED) is 0.629. The minimum absolute atomic E-state index is 0.00976. The Labute approximate surface area is 170 Å². The normalized spacial score (nSPS) is 19.1. The van der Waals surface area contributed by atoms with Crippen molar-refractivity contribution in [3.8, 4) is 5.69 Å². The first-order valence-electron chi connectivity index (χ1n) is 9.52. The van der Waals surface area contributed by atoms with Crippen molar-refractivity contribution in [2.45, 2.75) is 25.4 Å². The van der Waals surface area contributed by atoms with Crippen molar-refractivity contribution in [3.05, 3.63) is 83.9 Å². The molecule has 3 aromatic rings. The van der Waals surface area contributed by atoms with E-state index in [0.717, 1.165) is 17.1 Å². The van der Waals surface area contributed by atoms with Gasteiger partial charge in [-0.25, -0.2) is 0 Å². The lowest BCUT2D eigenvalue weighted by molar-refractivity contribution is 0.245. The molecule has 2 N–H and O–H groups in total. The number of aliphatic hydroxyl groups is 1. The highest BCUT2D eigenvalue weighted by molar-refractivity contribution is 7.80. The second kappa shape index (κ2) is 8.12. The van der Waals surface area contributed by atoms with E-state index in [1.165, 1.54) is 5.56 Å². The van der Waals surface area contributed by atoms with E-state index in [1.54, 1.807) is 0 Å². The summed E-state index contributed by atoms with van der Waals surface area (Å²) in [5.41, 5.74) is 4.44. The summed E-state index contributed by atoms with van der Waals surface area (Å²) < 4.78 is 2.22. The molecule has 1 fully saturated rings. The Hall–Kier alpha value is -2.70. The van der Waals surface area contributed by atoms with Gasteiger partial charge in [0.05, 0.1) is 17.8 Å². The number of aromatic nitrogens is 2. The van der Waals surface area contributed by atoms with Gasteiger partial charge >= 0.3 is 0 Å². The number of rotatable bonds is 6. The summed E-state index contributed by atoms with van der Waals surface area (Å²) >= 11 is 5.66. The molecule has 1 aromatic carbocycles. The zero-order valence-electron chi connectivity index (χ0n) is 15.8. The predicted molar refractivity (Wildman–Crippen MR) is 114 cm³/mol. The first-order chi connectivity index (χ1) is 13.7. The third-order valence-corrected chi connectivity index (χ3v) is 5.47. The van der Waals surface area contributed by atoms with Gasteiger partial charge in [-0.3, -0.25) is 4.98 Å². The number of nitrogens with zero attached hydrogens (tertiary/aromatic N) is 3. The summed E-state index contributed by atoms with van der Waals surface area (Å²) in [5, 5.41) is 13.5. The lowest BCUT2D eigenvalue weighted by Crippen LogP contribution is -2.31. The van der Waals surface area contributed by atoms with Gasteiger partial charge in [0.2, 0.25) is 0 Å². The molecule has 0 saturated carbocycles. The van der Waals surface area contributed by atoms with Crippen molar-refractivity contribution in [3.63, 3.8) is 0 Å². The topological polar surface area (TPSA) is 53.3 Å². The number of thiocarbonyl (C=S) groups is 1. The van der Waals surface area contributed by atoms with Gasteiger partial charge in [-0.05, 0) is 67.5 Å². The average molecular weight is 393 g/mol. The second-order valence-electron chi connectivity index (χ2n) is 7.04. The van der Waals surface area contributed by atoms with Crippen LogP contribution in [0.2, 0.25) is 0 Å². The van der Waals surface area contributed by atoms with Crippen LogP contribution in [0.25, 0.3) is 5.69 Å². The highest BCUT2D eigenvalue weighted by atomic mass is 32.1. The van der Waals surface area contributed by atoms with Crippen LogP contribution in [0.15, 0.2) is 67.0 Å². The van der Waals surface area contributed by atoms with Gasteiger partial charge in [0.25, 0.3) is 0 Å². The Bertz CT molecular complexity index is 956. The molecule has 3 heterocycles. The molecule has 2 atom stereocenters. The van der Waals surface area contributed by atoms with Gasteiger partial charge in [0.1, 0.15) is 0 Å². The molecule has 0 bridgehead atoms. The van der Waals surface area contributed by atoms with Crippen LogP contribution in [0.5, 0.6) is 0 Å². The van der Waals surface area contributed by atoms with Crippen LogP contribution in [-0.2, 0) is 0 Å². The fourth-order valence-electron chi connectivity index (χ4n) is 3.86. The van der Waals surface area contributed by atoms with Crippen LogP contribution >= 0.6 is 12.2 Å². The molecule has 1 aliphatic heterocycles. The second-order valence-corrected chi connectivity index (χ2v) is 7.43. The molecule has 0 amide bonds. The molecule has 28 heavy (non-hydrogen) atoms. The third-order valence-electron chi connectivity index (χ3n) is 5.12. The summed E-state index contributed by atoms with van der Waals surface area (Å²) in [6.45, 7) is 2.93.